The molecule has 0 bridgehead atoms. The molecule has 10 nitrogen and oxygen atoms in total. The Balaban J connectivity index is 1.45. The van der Waals surface area contributed by atoms with Gasteiger partial charge in [-0.25, -0.2) is 0 Å². The number of para-hydroxylation sites is 1. The number of carbonyl (C=O) groups is 4. The number of primary amides is 1. The second-order valence-corrected chi connectivity index (χ2v) is 10.3. The smallest absolute Gasteiger partial charge is 0.272 e. The number of thioether (sulfide) groups is 1. The van der Waals surface area contributed by atoms with E-state index < -0.39 is 17.7 Å². The van der Waals surface area contributed by atoms with Crippen molar-refractivity contribution in [1.29, 1.82) is 0 Å². The molecule has 0 spiro atoms. The highest BCUT2D eigenvalue weighted by Crippen LogP contribution is 2.28. The van der Waals surface area contributed by atoms with Crippen molar-refractivity contribution in [3.05, 3.63) is 119 Å². The van der Waals surface area contributed by atoms with Crippen LogP contribution < -0.4 is 31.2 Å². The molecule has 0 saturated heterocycles. The molecule has 0 heterocycles. The fourth-order valence-electron chi connectivity index (χ4n) is 4.03. The first kappa shape index (κ1) is 31.4. The summed E-state index contributed by atoms with van der Waals surface area (Å²) in [6.45, 7) is 0. The Kier molecular flexibility index (Phi) is 10.8. The molecule has 0 aliphatic heterocycles. The summed E-state index contributed by atoms with van der Waals surface area (Å²) in [5, 5.41) is 8.20. The highest BCUT2D eigenvalue weighted by atomic mass is 32.2. The van der Waals surface area contributed by atoms with Crippen LogP contribution in [-0.2, 0) is 9.59 Å². The SMILES string of the molecule is COc1ccc(/C=C(\NC(=O)c2ccccc2)C(=O)Nc2ccc(SCC(=O)Nc3ccccc3C(N)=O)cc2)cc1OC. The fourth-order valence-corrected chi connectivity index (χ4v) is 4.73. The van der Waals surface area contributed by atoms with Crippen molar-refractivity contribution in [2.24, 2.45) is 5.73 Å². The van der Waals surface area contributed by atoms with Crippen LogP contribution in [0.25, 0.3) is 6.08 Å². The Morgan fingerprint density at radius 2 is 1.48 bits per heavy atom. The van der Waals surface area contributed by atoms with Crippen molar-refractivity contribution in [1.82, 2.24) is 5.32 Å². The van der Waals surface area contributed by atoms with E-state index >= 15 is 0 Å². The topological polar surface area (TPSA) is 149 Å². The van der Waals surface area contributed by atoms with Gasteiger partial charge in [-0.3, -0.25) is 19.2 Å². The minimum absolute atomic E-state index is 0.0115. The fraction of sp³-hybridized carbons (Fsp3) is 0.0909. The lowest BCUT2D eigenvalue weighted by molar-refractivity contribution is -0.114. The van der Waals surface area contributed by atoms with Gasteiger partial charge in [0.2, 0.25) is 5.91 Å². The number of rotatable bonds is 12. The zero-order valence-corrected chi connectivity index (χ0v) is 24.8. The Morgan fingerprint density at radius 3 is 2.16 bits per heavy atom. The van der Waals surface area contributed by atoms with Crippen LogP contribution in [-0.4, -0.2) is 43.6 Å². The number of anilines is 2. The second kappa shape index (κ2) is 15.1. The maximum atomic E-state index is 13.4. The molecule has 4 aromatic carbocycles. The van der Waals surface area contributed by atoms with Crippen molar-refractivity contribution >= 4 is 52.8 Å². The Bertz CT molecular complexity index is 1690. The summed E-state index contributed by atoms with van der Waals surface area (Å²) in [6, 6.07) is 27.1. The molecule has 0 saturated carbocycles. The molecule has 0 aromatic heterocycles. The van der Waals surface area contributed by atoms with Crippen LogP contribution in [0.1, 0.15) is 26.3 Å². The van der Waals surface area contributed by atoms with E-state index in [4.69, 9.17) is 15.2 Å². The molecule has 224 valence electrons. The molecule has 0 aliphatic rings. The quantitative estimate of drug-likeness (QED) is 0.131. The lowest BCUT2D eigenvalue weighted by atomic mass is 10.1. The number of amides is 4. The van der Waals surface area contributed by atoms with Gasteiger partial charge in [0.05, 0.1) is 31.2 Å². The molecule has 0 fully saturated rings. The summed E-state index contributed by atoms with van der Waals surface area (Å²) in [5.41, 5.74) is 7.43. The zero-order valence-electron chi connectivity index (χ0n) is 24.0. The lowest BCUT2D eigenvalue weighted by Gasteiger charge is -2.13. The predicted octanol–water partition coefficient (Wildman–Crippen LogP) is 4.94. The maximum absolute atomic E-state index is 13.4. The van der Waals surface area contributed by atoms with Gasteiger partial charge in [0.1, 0.15) is 5.70 Å². The van der Waals surface area contributed by atoms with Gasteiger partial charge in [-0.1, -0.05) is 36.4 Å². The second-order valence-electron chi connectivity index (χ2n) is 9.22. The number of benzene rings is 4. The average Bonchev–Trinajstić information content (AvgIpc) is 3.04. The van der Waals surface area contributed by atoms with Crippen LogP contribution in [0.3, 0.4) is 0 Å². The van der Waals surface area contributed by atoms with Gasteiger partial charge in [-0.05, 0) is 72.3 Å². The summed E-state index contributed by atoms with van der Waals surface area (Å²) >= 11 is 1.28. The Labute approximate surface area is 258 Å². The van der Waals surface area contributed by atoms with Gasteiger partial charge in [-0.15, -0.1) is 11.8 Å². The van der Waals surface area contributed by atoms with Crippen molar-refractivity contribution < 1.29 is 28.7 Å². The van der Waals surface area contributed by atoms with Gasteiger partial charge < -0.3 is 31.2 Å². The summed E-state index contributed by atoms with van der Waals surface area (Å²) in [5.74, 6) is -0.854. The average molecular weight is 611 g/mol. The van der Waals surface area contributed by atoms with E-state index in [0.717, 1.165) is 4.90 Å². The lowest BCUT2D eigenvalue weighted by Crippen LogP contribution is -2.30. The van der Waals surface area contributed by atoms with Crippen molar-refractivity contribution in [2.45, 2.75) is 4.90 Å². The summed E-state index contributed by atoms with van der Waals surface area (Å²) in [6.07, 6.45) is 1.54. The van der Waals surface area contributed by atoms with Crippen LogP contribution in [0.15, 0.2) is 108 Å². The third-order valence-corrected chi connectivity index (χ3v) is 7.21. The van der Waals surface area contributed by atoms with Gasteiger partial charge in [0.15, 0.2) is 11.5 Å². The van der Waals surface area contributed by atoms with Crippen LogP contribution in [0.2, 0.25) is 0 Å². The number of methoxy groups -OCH3 is 2. The first-order valence-corrected chi connectivity index (χ1v) is 14.3. The van der Waals surface area contributed by atoms with Gasteiger partial charge in [0, 0.05) is 16.1 Å². The van der Waals surface area contributed by atoms with Crippen LogP contribution in [0, 0.1) is 0 Å². The molecular formula is C33H30N4O6S. The normalized spacial score (nSPS) is 10.8. The standard InChI is InChI=1S/C33H30N4O6S/c1-42-28-17-12-21(19-29(28)43-2)18-27(37-32(40)22-8-4-3-5-9-22)33(41)35-23-13-15-24(16-14-23)44-20-30(38)36-26-11-7-6-10-25(26)31(34)39/h3-19H,20H2,1-2H3,(H2,34,39)(H,35,41)(H,36,38)(H,37,40)/b27-18-. The molecule has 11 heteroatoms. The molecular weight excluding hydrogens is 580 g/mol. The largest absolute Gasteiger partial charge is 0.493 e. The van der Waals surface area contributed by atoms with E-state index in [1.165, 1.54) is 32.1 Å². The number of nitrogens with one attached hydrogen (secondary N) is 3. The molecule has 44 heavy (non-hydrogen) atoms. The first-order valence-electron chi connectivity index (χ1n) is 13.3. The third kappa shape index (κ3) is 8.49. The molecule has 4 amide bonds. The van der Waals surface area contributed by atoms with Crippen LogP contribution in [0.5, 0.6) is 11.5 Å². The molecule has 5 N–H and O–H groups in total. The minimum Gasteiger partial charge on any atom is -0.493 e. The Morgan fingerprint density at radius 1 is 0.795 bits per heavy atom. The van der Waals surface area contributed by atoms with E-state index in [2.05, 4.69) is 16.0 Å². The van der Waals surface area contributed by atoms with Gasteiger partial charge >= 0.3 is 0 Å². The van der Waals surface area contributed by atoms with E-state index in [0.29, 0.717) is 34.0 Å². The van der Waals surface area contributed by atoms with Gasteiger partial charge in [0.25, 0.3) is 17.7 Å². The third-order valence-electron chi connectivity index (χ3n) is 6.20. The summed E-state index contributed by atoms with van der Waals surface area (Å²) < 4.78 is 10.7. The number of nitrogens with two attached hydrogens (primary N) is 1. The molecule has 0 radical (unpaired) electrons. The molecule has 0 unspecified atom stereocenters. The summed E-state index contributed by atoms with van der Waals surface area (Å²) in [7, 11) is 3.03. The number of carbonyl (C=O) groups excluding carboxylic acids is 4. The maximum Gasteiger partial charge on any atom is 0.272 e. The predicted molar refractivity (Wildman–Crippen MR) is 171 cm³/mol. The highest BCUT2D eigenvalue weighted by molar-refractivity contribution is 8.00. The van der Waals surface area contributed by atoms with Crippen molar-refractivity contribution in [3.63, 3.8) is 0 Å². The van der Waals surface area contributed by atoms with E-state index in [1.807, 2.05) is 0 Å². The van der Waals surface area contributed by atoms with Crippen LogP contribution >= 0.6 is 11.8 Å². The van der Waals surface area contributed by atoms with Crippen LogP contribution in [0.4, 0.5) is 11.4 Å². The monoisotopic (exact) mass is 610 g/mol. The minimum atomic E-state index is -0.632. The van der Waals surface area contributed by atoms with E-state index in [9.17, 15) is 19.2 Å². The zero-order chi connectivity index (χ0) is 31.5. The molecule has 4 rings (SSSR count). The number of hydrogen-bond acceptors (Lipinski definition) is 7. The van der Waals surface area contributed by atoms with Crippen molar-refractivity contribution in [2.75, 3.05) is 30.6 Å². The molecule has 0 atom stereocenters. The number of ether oxygens (including phenoxy) is 2. The molecule has 4 aromatic rings. The van der Waals surface area contributed by atoms with Gasteiger partial charge in [-0.2, -0.15) is 0 Å². The van der Waals surface area contributed by atoms with Crippen molar-refractivity contribution in [3.8, 4) is 11.5 Å². The first-order chi connectivity index (χ1) is 21.3. The number of hydrogen-bond donors (Lipinski definition) is 4. The van der Waals surface area contributed by atoms with E-state index in [-0.39, 0.29) is 22.9 Å². The molecule has 0 aliphatic carbocycles. The summed E-state index contributed by atoms with van der Waals surface area (Å²) in [4.78, 5) is 51.1. The highest BCUT2D eigenvalue weighted by Gasteiger charge is 2.16. The Hall–Kier alpha value is -5.55. The van der Waals surface area contributed by atoms with E-state index in [1.54, 1.807) is 97.1 Å².